The third-order valence-corrected chi connectivity index (χ3v) is 4.71. The number of carbonyl (C=O) groups is 1. The van der Waals surface area contributed by atoms with E-state index in [1.54, 1.807) is 0 Å². The molecule has 1 N–H and O–H groups in total. The molecular formula is C19H22F3N3O3. The average Bonchev–Trinajstić information content (AvgIpc) is 3.33. The molecule has 9 heteroatoms. The number of likely N-dealkylation sites (N-methyl/N-ethyl adjacent to an activating group) is 1. The number of carbonyl (C=O) groups excluding carboxylic acids is 1. The Balaban J connectivity index is 1.52. The lowest BCUT2D eigenvalue weighted by molar-refractivity contribution is -0.137. The molecule has 0 aliphatic carbocycles. The Bertz CT molecular complexity index is 807. The van der Waals surface area contributed by atoms with Crippen LogP contribution in [0.25, 0.3) is 0 Å². The van der Waals surface area contributed by atoms with Crippen LogP contribution < -0.4 is 10.1 Å². The fraction of sp³-hybridized carbons (Fsp3) is 0.474. The summed E-state index contributed by atoms with van der Waals surface area (Å²) < 4.78 is 48.6. The van der Waals surface area contributed by atoms with E-state index in [1.165, 1.54) is 18.4 Å². The van der Waals surface area contributed by atoms with Gasteiger partial charge in [0, 0.05) is 12.6 Å². The fourth-order valence-electron chi connectivity index (χ4n) is 3.23. The second-order valence-corrected chi connectivity index (χ2v) is 6.58. The topological polar surface area (TPSA) is 67.6 Å². The molecule has 0 radical (unpaired) electrons. The maximum absolute atomic E-state index is 12.7. The van der Waals surface area contributed by atoms with Crippen LogP contribution in [-0.4, -0.2) is 41.5 Å². The number of ether oxygens (including phenoxy) is 1. The van der Waals surface area contributed by atoms with Gasteiger partial charge in [0.2, 0.25) is 5.89 Å². The van der Waals surface area contributed by atoms with E-state index in [9.17, 15) is 18.0 Å². The molecule has 1 saturated heterocycles. The van der Waals surface area contributed by atoms with Crippen LogP contribution >= 0.6 is 0 Å². The van der Waals surface area contributed by atoms with Gasteiger partial charge in [-0.05, 0) is 44.1 Å². The summed E-state index contributed by atoms with van der Waals surface area (Å²) in [4.78, 5) is 18.6. The number of nitrogens with one attached hydrogen (secondary N) is 1. The van der Waals surface area contributed by atoms with Gasteiger partial charge in [0.05, 0.1) is 5.56 Å². The zero-order chi connectivity index (χ0) is 20.1. The monoisotopic (exact) mass is 397 g/mol. The number of hydrogen-bond donors (Lipinski definition) is 1. The number of halogens is 3. The Morgan fingerprint density at radius 1 is 1.43 bits per heavy atom. The molecule has 1 aliphatic heterocycles. The van der Waals surface area contributed by atoms with Gasteiger partial charge in [-0.2, -0.15) is 13.2 Å². The van der Waals surface area contributed by atoms with E-state index in [-0.39, 0.29) is 29.8 Å². The minimum atomic E-state index is -4.44. The number of hydrogen-bond acceptors (Lipinski definition) is 5. The molecule has 1 amide bonds. The average molecular weight is 397 g/mol. The Morgan fingerprint density at radius 3 is 3.00 bits per heavy atom. The molecule has 0 spiro atoms. The Hall–Kier alpha value is -2.55. The molecule has 0 saturated carbocycles. The van der Waals surface area contributed by atoms with Crippen molar-refractivity contribution in [2.45, 2.75) is 38.6 Å². The van der Waals surface area contributed by atoms with Gasteiger partial charge in [0.25, 0.3) is 5.91 Å². The number of amides is 1. The van der Waals surface area contributed by atoms with Gasteiger partial charge in [-0.1, -0.05) is 13.0 Å². The van der Waals surface area contributed by atoms with Crippen molar-refractivity contribution in [2.75, 3.05) is 19.6 Å². The molecule has 0 bridgehead atoms. The number of likely N-dealkylation sites (tertiary alicyclic amines) is 1. The predicted octanol–water partition coefficient (Wildman–Crippen LogP) is 3.49. The van der Waals surface area contributed by atoms with Crippen molar-refractivity contribution >= 4 is 5.91 Å². The van der Waals surface area contributed by atoms with Crippen molar-refractivity contribution in [3.63, 3.8) is 0 Å². The van der Waals surface area contributed by atoms with E-state index in [0.717, 1.165) is 38.1 Å². The minimum Gasteiger partial charge on any atom is -0.484 e. The van der Waals surface area contributed by atoms with Crippen LogP contribution in [-0.2, 0) is 12.8 Å². The van der Waals surface area contributed by atoms with Crippen LogP contribution in [0.3, 0.4) is 0 Å². The number of oxazole rings is 1. The highest BCUT2D eigenvalue weighted by Crippen LogP contribution is 2.31. The lowest BCUT2D eigenvalue weighted by Gasteiger charge is -2.22. The quantitative estimate of drug-likeness (QED) is 0.775. The van der Waals surface area contributed by atoms with Crippen molar-refractivity contribution in [2.24, 2.45) is 0 Å². The highest BCUT2D eigenvalue weighted by atomic mass is 19.4. The Kier molecular flexibility index (Phi) is 6.23. The number of aromatic nitrogens is 1. The molecule has 28 heavy (non-hydrogen) atoms. The van der Waals surface area contributed by atoms with Gasteiger partial charge in [-0.15, -0.1) is 0 Å². The largest absolute Gasteiger partial charge is 0.484 e. The lowest BCUT2D eigenvalue weighted by Crippen LogP contribution is -2.40. The van der Waals surface area contributed by atoms with Crippen molar-refractivity contribution in [1.82, 2.24) is 15.2 Å². The molecular weight excluding hydrogens is 375 g/mol. The molecule has 1 aliphatic rings. The Morgan fingerprint density at radius 2 is 2.25 bits per heavy atom. The van der Waals surface area contributed by atoms with Crippen molar-refractivity contribution in [3.05, 3.63) is 47.7 Å². The SMILES string of the molecule is CCN1CCCC1CNC(=O)c1coc(COc2cccc(C(F)(F)F)c2)n1. The first-order chi connectivity index (χ1) is 13.4. The van der Waals surface area contributed by atoms with Crippen LogP contribution in [0, 0.1) is 0 Å². The molecule has 2 aromatic rings. The number of benzene rings is 1. The normalized spacial score (nSPS) is 17.6. The Labute approximate surface area is 160 Å². The van der Waals surface area contributed by atoms with Crippen molar-refractivity contribution in [3.8, 4) is 5.75 Å². The van der Waals surface area contributed by atoms with Crippen molar-refractivity contribution in [1.29, 1.82) is 0 Å². The highest BCUT2D eigenvalue weighted by molar-refractivity contribution is 5.91. The van der Waals surface area contributed by atoms with Gasteiger partial charge >= 0.3 is 6.18 Å². The van der Waals surface area contributed by atoms with E-state index in [1.807, 2.05) is 0 Å². The molecule has 1 fully saturated rings. The van der Waals surface area contributed by atoms with E-state index in [4.69, 9.17) is 9.15 Å². The van der Waals surface area contributed by atoms with E-state index >= 15 is 0 Å². The third-order valence-electron chi connectivity index (χ3n) is 4.71. The molecule has 1 atom stereocenters. The summed E-state index contributed by atoms with van der Waals surface area (Å²) in [5, 5.41) is 2.85. The first-order valence-electron chi connectivity index (χ1n) is 9.13. The van der Waals surface area contributed by atoms with Gasteiger partial charge in [0.15, 0.2) is 12.3 Å². The van der Waals surface area contributed by atoms with Gasteiger partial charge in [-0.25, -0.2) is 4.98 Å². The molecule has 2 heterocycles. The lowest BCUT2D eigenvalue weighted by atomic mass is 10.2. The summed E-state index contributed by atoms with van der Waals surface area (Å²) in [5.41, 5.74) is -0.686. The second kappa shape index (κ2) is 8.64. The fourth-order valence-corrected chi connectivity index (χ4v) is 3.23. The third kappa shape index (κ3) is 5.03. The maximum Gasteiger partial charge on any atom is 0.416 e. The number of nitrogens with zero attached hydrogens (tertiary/aromatic N) is 2. The molecule has 6 nitrogen and oxygen atoms in total. The summed E-state index contributed by atoms with van der Waals surface area (Å²) >= 11 is 0. The predicted molar refractivity (Wildman–Crippen MR) is 94.9 cm³/mol. The summed E-state index contributed by atoms with van der Waals surface area (Å²) in [6, 6.07) is 4.86. The first-order valence-corrected chi connectivity index (χ1v) is 9.13. The number of rotatable bonds is 7. The van der Waals surface area contributed by atoms with Crippen LogP contribution in [0.15, 0.2) is 34.9 Å². The van der Waals surface area contributed by atoms with Crippen molar-refractivity contribution < 1.29 is 27.1 Å². The van der Waals surface area contributed by atoms with Crippen LogP contribution in [0.2, 0.25) is 0 Å². The standard InChI is InChI=1S/C19H22F3N3O3/c1-2-25-8-4-6-14(25)10-23-18(26)16-11-28-17(24-16)12-27-15-7-3-5-13(9-15)19(20,21)22/h3,5,7,9,11,14H,2,4,6,8,10,12H2,1H3,(H,23,26). The summed E-state index contributed by atoms with van der Waals surface area (Å²) in [7, 11) is 0. The summed E-state index contributed by atoms with van der Waals surface area (Å²) in [6.45, 7) is 4.43. The van der Waals surface area contributed by atoms with E-state index in [0.29, 0.717) is 12.6 Å². The van der Waals surface area contributed by atoms with Crippen LogP contribution in [0.4, 0.5) is 13.2 Å². The first kappa shape index (κ1) is 20.2. The summed E-state index contributed by atoms with van der Waals surface area (Å²) in [5.74, 6) is -0.199. The van der Waals surface area contributed by atoms with Crippen LogP contribution in [0.5, 0.6) is 5.75 Å². The van der Waals surface area contributed by atoms with Gasteiger partial charge < -0.3 is 14.5 Å². The second-order valence-electron chi connectivity index (χ2n) is 6.58. The molecule has 152 valence electrons. The van der Waals surface area contributed by atoms with E-state index in [2.05, 4.69) is 22.1 Å². The zero-order valence-electron chi connectivity index (χ0n) is 15.5. The van der Waals surface area contributed by atoms with Gasteiger partial charge in [0.1, 0.15) is 12.0 Å². The molecule has 3 rings (SSSR count). The molecule has 1 unspecified atom stereocenters. The molecule has 1 aromatic carbocycles. The smallest absolute Gasteiger partial charge is 0.416 e. The van der Waals surface area contributed by atoms with E-state index < -0.39 is 11.7 Å². The van der Waals surface area contributed by atoms with Crippen LogP contribution in [0.1, 0.15) is 41.7 Å². The molecule has 1 aromatic heterocycles. The summed E-state index contributed by atoms with van der Waals surface area (Å²) in [6.07, 6.45) is -1.06. The highest BCUT2D eigenvalue weighted by Gasteiger charge is 2.30. The number of alkyl halides is 3. The van der Waals surface area contributed by atoms with Gasteiger partial charge in [-0.3, -0.25) is 9.69 Å². The maximum atomic E-state index is 12.7. The minimum absolute atomic E-state index is 0.0416. The zero-order valence-corrected chi connectivity index (χ0v) is 15.5.